The van der Waals surface area contributed by atoms with E-state index in [2.05, 4.69) is 21.3 Å². The molecule has 110 valence electrons. The van der Waals surface area contributed by atoms with E-state index in [-0.39, 0.29) is 0 Å². The predicted octanol–water partition coefficient (Wildman–Crippen LogP) is 3.57. The first-order valence-electron chi connectivity index (χ1n) is 7.08. The van der Waals surface area contributed by atoms with Gasteiger partial charge in [-0.25, -0.2) is 4.98 Å². The lowest BCUT2D eigenvalue weighted by Gasteiger charge is -2.24. The Balaban J connectivity index is 1.91. The van der Waals surface area contributed by atoms with Crippen molar-refractivity contribution in [3.8, 4) is 5.75 Å². The zero-order valence-corrected chi connectivity index (χ0v) is 12.7. The average Bonchev–Trinajstić information content (AvgIpc) is 2.72. The Hall–Kier alpha value is -1.94. The minimum absolute atomic E-state index is 0.675. The van der Waals surface area contributed by atoms with Crippen LogP contribution in [0.1, 0.15) is 12.1 Å². The van der Waals surface area contributed by atoms with Crippen molar-refractivity contribution in [1.82, 2.24) is 4.98 Å². The second-order valence-electron chi connectivity index (χ2n) is 4.97. The summed E-state index contributed by atoms with van der Waals surface area (Å²) >= 11 is 6.29. The summed E-state index contributed by atoms with van der Waals surface area (Å²) in [6.45, 7) is 2.35. The highest BCUT2D eigenvalue weighted by Crippen LogP contribution is 2.32. The largest absolute Gasteiger partial charge is 0.491 e. The summed E-state index contributed by atoms with van der Waals surface area (Å²) < 4.78 is 5.78. The van der Waals surface area contributed by atoms with Gasteiger partial charge in [0.25, 0.3) is 0 Å². The highest BCUT2D eigenvalue weighted by atomic mass is 35.5. The van der Waals surface area contributed by atoms with E-state index < -0.39 is 0 Å². The molecular weight excluding hydrogens is 286 g/mol. The van der Waals surface area contributed by atoms with Gasteiger partial charge in [0, 0.05) is 13.6 Å². The molecule has 1 aromatic carbocycles. The number of fused-ring (bicyclic) bond motifs is 1. The number of ether oxygens (including phenoxy) is 1. The molecule has 1 aromatic heterocycles. The third kappa shape index (κ3) is 3.05. The van der Waals surface area contributed by atoms with Gasteiger partial charge in [0.15, 0.2) is 0 Å². The Morgan fingerprint density at radius 3 is 3.00 bits per heavy atom. The molecule has 4 nitrogen and oxygen atoms in total. The van der Waals surface area contributed by atoms with Gasteiger partial charge < -0.3 is 15.0 Å². The maximum Gasteiger partial charge on any atom is 0.142 e. The van der Waals surface area contributed by atoms with Crippen LogP contribution in [0.2, 0.25) is 5.02 Å². The molecule has 0 saturated carbocycles. The zero-order chi connectivity index (χ0) is 14.7. The van der Waals surface area contributed by atoms with Crippen molar-refractivity contribution in [1.29, 1.82) is 0 Å². The average molecular weight is 304 g/mol. The van der Waals surface area contributed by atoms with E-state index in [9.17, 15) is 0 Å². The van der Waals surface area contributed by atoms with E-state index >= 15 is 0 Å². The quantitative estimate of drug-likeness (QED) is 0.940. The number of halogens is 1. The van der Waals surface area contributed by atoms with Crippen LogP contribution in [0, 0.1) is 0 Å². The van der Waals surface area contributed by atoms with Crippen molar-refractivity contribution < 1.29 is 4.74 Å². The van der Waals surface area contributed by atoms with Crippen molar-refractivity contribution in [3.63, 3.8) is 0 Å². The van der Waals surface area contributed by atoms with Crippen LogP contribution in [0.3, 0.4) is 0 Å². The second-order valence-corrected chi connectivity index (χ2v) is 5.37. The third-order valence-electron chi connectivity index (χ3n) is 3.55. The number of pyridine rings is 1. The Morgan fingerprint density at radius 2 is 2.14 bits per heavy atom. The summed E-state index contributed by atoms with van der Waals surface area (Å²) in [7, 11) is 1.86. The molecule has 0 fully saturated rings. The summed E-state index contributed by atoms with van der Waals surface area (Å²) in [6.07, 6.45) is 0.984. The fourth-order valence-electron chi connectivity index (χ4n) is 2.48. The fraction of sp³-hybridized carbons (Fsp3) is 0.312. The van der Waals surface area contributed by atoms with Gasteiger partial charge in [-0.3, -0.25) is 0 Å². The van der Waals surface area contributed by atoms with E-state index in [1.807, 2.05) is 37.4 Å². The van der Waals surface area contributed by atoms with Crippen molar-refractivity contribution in [2.75, 3.05) is 30.4 Å². The van der Waals surface area contributed by atoms with Crippen LogP contribution in [-0.4, -0.2) is 25.2 Å². The molecule has 0 atom stereocenters. The second kappa shape index (κ2) is 6.22. The van der Waals surface area contributed by atoms with Crippen molar-refractivity contribution in [2.45, 2.75) is 13.0 Å². The lowest BCUT2D eigenvalue weighted by molar-refractivity contribution is 0.322. The summed E-state index contributed by atoms with van der Waals surface area (Å²) in [4.78, 5) is 6.84. The molecule has 0 spiro atoms. The van der Waals surface area contributed by atoms with Gasteiger partial charge in [0.2, 0.25) is 0 Å². The first-order chi connectivity index (χ1) is 10.3. The van der Waals surface area contributed by atoms with Gasteiger partial charge >= 0.3 is 0 Å². The molecule has 2 aromatic rings. The highest BCUT2D eigenvalue weighted by molar-refractivity contribution is 6.31. The maximum atomic E-state index is 6.29. The monoisotopic (exact) mass is 303 g/mol. The lowest BCUT2D eigenvalue weighted by atomic mass is 10.2. The van der Waals surface area contributed by atoms with E-state index in [1.165, 1.54) is 0 Å². The van der Waals surface area contributed by atoms with E-state index in [1.54, 1.807) is 0 Å². The molecule has 0 aliphatic carbocycles. The fourth-order valence-corrected chi connectivity index (χ4v) is 2.64. The first-order valence-corrected chi connectivity index (χ1v) is 7.45. The molecule has 0 unspecified atom stereocenters. The summed E-state index contributed by atoms with van der Waals surface area (Å²) in [5, 5.41) is 3.74. The number of nitrogens with zero attached hydrogens (tertiary/aromatic N) is 2. The van der Waals surface area contributed by atoms with Crippen LogP contribution in [0.5, 0.6) is 5.75 Å². The van der Waals surface area contributed by atoms with Crippen molar-refractivity contribution >= 4 is 23.1 Å². The standard InChI is InChI=1S/C16H18ClN3O/c1-18-16-8-7-12(17)13(19-16)11-20-9-4-10-21-15-6-3-2-5-14(15)20/h2-3,5-8H,4,9-11H2,1H3,(H,18,19). The molecule has 1 aliphatic heterocycles. The predicted molar refractivity (Wildman–Crippen MR) is 86.4 cm³/mol. The topological polar surface area (TPSA) is 37.4 Å². The Labute approximate surface area is 129 Å². The number of benzene rings is 1. The van der Waals surface area contributed by atoms with Gasteiger partial charge in [0.1, 0.15) is 11.6 Å². The molecule has 0 bridgehead atoms. The Morgan fingerprint density at radius 1 is 1.29 bits per heavy atom. The molecule has 0 saturated heterocycles. The SMILES string of the molecule is CNc1ccc(Cl)c(CN2CCCOc3ccccc32)n1. The number of hydrogen-bond donors (Lipinski definition) is 1. The van der Waals surface area contributed by atoms with Gasteiger partial charge in [-0.1, -0.05) is 23.7 Å². The third-order valence-corrected chi connectivity index (χ3v) is 3.90. The zero-order valence-electron chi connectivity index (χ0n) is 12.0. The molecule has 3 rings (SSSR count). The number of aromatic nitrogens is 1. The number of hydrogen-bond acceptors (Lipinski definition) is 4. The maximum absolute atomic E-state index is 6.29. The summed E-state index contributed by atoms with van der Waals surface area (Å²) in [6, 6.07) is 11.9. The highest BCUT2D eigenvalue weighted by Gasteiger charge is 2.17. The minimum atomic E-state index is 0.675. The first kappa shape index (κ1) is 14.0. The smallest absolute Gasteiger partial charge is 0.142 e. The minimum Gasteiger partial charge on any atom is -0.491 e. The lowest BCUT2D eigenvalue weighted by Crippen LogP contribution is -2.24. The van der Waals surface area contributed by atoms with E-state index in [0.29, 0.717) is 11.6 Å². The number of nitrogens with one attached hydrogen (secondary N) is 1. The normalized spacial score (nSPS) is 14.1. The van der Waals surface area contributed by atoms with Crippen LogP contribution in [0.15, 0.2) is 36.4 Å². The Bertz CT molecular complexity index is 633. The Kier molecular flexibility index (Phi) is 4.15. The van der Waals surface area contributed by atoms with Crippen LogP contribution >= 0.6 is 11.6 Å². The number of para-hydroxylation sites is 2. The van der Waals surface area contributed by atoms with Gasteiger partial charge in [-0.2, -0.15) is 0 Å². The van der Waals surface area contributed by atoms with Crippen LogP contribution < -0.4 is 15.0 Å². The molecule has 1 aliphatic rings. The molecule has 1 N–H and O–H groups in total. The van der Waals surface area contributed by atoms with E-state index in [4.69, 9.17) is 16.3 Å². The van der Waals surface area contributed by atoms with Gasteiger partial charge in [0.05, 0.1) is 29.6 Å². The van der Waals surface area contributed by atoms with Crippen molar-refractivity contribution in [2.24, 2.45) is 0 Å². The van der Waals surface area contributed by atoms with Gasteiger partial charge in [-0.15, -0.1) is 0 Å². The molecule has 21 heavy (non-hydrogen) atoms. The summed E-state index contributed by atoms with van der Waals surface area (Å²) in [5.74, 6) is 1.75. The molecular formula is C16H18ClN3O. The number of rotatable bonds is 3. The molecule has 5 heteroatoms. The number of anilines is 2. The van der Waals surface area contributed by atoms with Gasteiger partial charge in [-0.05, 0) is 30.7 Å². The van der Waals surface area contributed by atoms with E-state index in [0.717, 1.165) is 42.5 Å². The molecule has 0 radical (unpaired) electrons. The van der Waals surface area contributed by atoms with Crippen molar-refractivity contribution in [3.05, 3.63) is 47.1 Å². The van der Waals surface area contributed by atoms with Crippen LogP contribution in [0.25, 0.3) is 0 Å². The van der Waals surface area contributed by atoms with Crippen LogP contribution in [0.4, 0.5) is 11.5 Å². The van der Waals surface area contributed by atoms with Crippen LogP contribution in [-0.2, 0) is 6.54 Å². The molecule has 0 amide bonds. The molecule has 2 heterocycles. The summed E-state index contributed by atoms with van der Waals surface area (Å²) in [5.41, 5.74) is 1.97.